The van der Waals surface area contributed by atoms with Crippen molar-refractivity contribution in [1.29, 1.82) is 0 Å². The highest BCUT2D eigenvalue weighted by atomic mass is 19.1. The zero-order valence-electron chi connectivity index (χ0n) is 20.8. The Hall–Kier alpha value is -4.43. The number of nitrogen functional groups attached to an aromatic ring is 1. The highest BCUT2D eigenvalue weighted by Crippen LogP contribution is 2.34. The molecular weight excluding hydrogens is 479 g/mol. The Morgan fingerprint density at radius 1 is 0.974 bits per heavy atom. The van der Waals surface area contributed by atoms with E-state index in [0.29, 0.717) is 23.9 Å². The molecule has 2 N–H and O–H groups in total. The van der Waals surface area contributed by atoms with Gasteiger partial charge in [0.05, 0.1) is 23.6 Å². The molecule has 2 aromatic carbocycles. The van der Waals surface area contributed by atoms with Crippen LogP contribution in [0.25, 0.3) is 28.3 Å². The number of piperidine rings is 1. The number of imidazole rings is 1. The zero-order chi connectivity index (χ0) is 26.1. The van der Waals surface area contributed by atoms with Crippen molar-refractivity contribution in [2.75, 3.05) is 25.4 Å². The fraction of sp³-hybridized carbons (Fsp3) is 0.200. The number of hydrogen-bond acceptors (Lipinski definition) is 6. The van der Waals surface area contributed by atoms with Crippen LogP contribution in [0.4, 0.5) is 10.3 Å². The molecular formula is C30H27FN6O. The molecule has 0 spiro atoms. The molecule has 0 unspecified atom stereocenters. The predicted molar refractivity (Wildman–Crippen MR) is 145 cm³/mol. The highest BCUT2D eigenvalue weighted by molar-refractivity contribution is 5.97. The van der Waals surface area contributed by atoms with Gasteiger partial charge in [0.25, 0.3) is 0 Å². The average molecular weight is 507 g/mol. The molecule has 4 heterocycles. The smallest absolute Gasteiger partial charge is 0.220 e. The number of fused-ring (bicyclic) bond motifs is 1. The van der Waals surface area contributed by atoms with Gasteiger partial charge in [0, 0.05) is 23.5 Å². The molecule has 1 fully saturated rings. The fourth-order valence-electron chi connectivity index (χ4n) is 5.22. The minimum absolute atomic E-state index is 0.161. The molecule has 1 saturated heterocycles. The molecule has 1 aliphatic rings. The van der Waals surface area contributed by atoms with Crippen molar-refractivity contribution in [2.45, 2.75) is 18.8 Å². The van der Waals surface area contributed by atoms with Crippen LogP contribution in [0.3, 0.4) is 0 Å². The number of nitrogens with two attached hydrogens (primary N) is 1. The van der Waals surface area contributed by atoms with Crippen LogP contribution in [0.5, 0.6) is 0 Å². The number of hydrogen-bond donors (Lipinski definition) is 1. The van der Waals surface area contributed by atoms with Crippen molar-refractivity contribution in [3.05, 3.63) is 102 Å². The molecule has 0 amide bonds. The van der Waals surface area contributed by atoms with E-state index < -0.39 is 0 Å². The first-order chi connectivity index (χ1) is 18.5. The number of nitrogens with zero attached hydrogens (tertiary/aromatic N) is 5. The van der Waals surface area contributed by atoms with Crippen LogP contribution in [-0.4, -0.2) is 49.7 Å². The third kappa shape index (κ3) is 4.78. The van der Waals surface area contributed by atoms with Gasteiger partial charge >= 0.3 is 0 Å². The van der Waals surface area contributed by atoms with E-state index in [1.54, 1.807) is 24.4 Å². The Bertz CT molecular complexity index is 1590. The summed E-state index contributed by atoms with van der Waals surface area (Å²) in [5.41, 5.74) is 11.6. The number of anilines is 1. The lowest BCUT2D eigenvalue weighted by atomic mass is 9.90. The molecule has 1 aliphatic heterocycles. The van der Waals surface area contributed by atoms with E-state index >= 15 is 0 Å². The number of pyridine rings is 1. The first kappa shape index (κ1) is 23.9. The highest BCUT2D eigenvalue weighted by Gasteiger charge is 2.24. The van der Waals surface area contributed by atoms with Crippen LogP contribution in [0.2, 0.25) is 0 Å². The first-order valence-corrected chi connectivity index (χ1v) is 12.7. The number of benzene rings is 2. The number of rotatable bonds is 6. The third-order valence-corrected chi connectivity index (χ3v) is 7.21. The van der Waals surface area contributed by atoms with Crippen molar-refractivity contribution >= 4 is 17.4 Å². The van der Waals surface area contributed by atoms with Gasteiger partial charge in [0.2, 0.25) is 5.95 Å². The van der Waals surface area contributed by atoms with Crippen molar-refractivity contribution in [1.82, 2.24) is 24.3 Å². The molecule has 190 valence electrons. The quantitative estimate of drug-likeness (QED) is 0.317. The van der Waals surface area contributed by atoms with Crippen LogP contribution in [0.15, 0.2) is 85.2 Å². The standard InChI is InChI=1S/C30H27FN6O/c31-24-8-6-22(7-9-24)28-29(25-10-14-33-30(32)34-25)37-17-13-23(18-27(37)35-28)20-11-15-36(16-12-20)19-26(38)21-4-2-1-3-5-21/h1-10,13-14,17-18,20H,11-12,15-16,19H2,(H2,32,33,34). The number of halogens is 1. The molecule has 8 heteroatoms. The summed E-state index contributed by atoms with van der Waals surface area (Å²) in [7, 11) is 0. The largest absolute Gasteiger partial charge is 0.368 e. The van der Waals surface area contributed by atoms with Crippen LogP contribution in [0, 0.1) is 5.82 Å². The minimum atomic E-state index is -0.301. The van der Waals surface area contributed by atoms with E-state index in [-0.39, 0.29) is 17.5 Å². The predicted octanol–water partition coefficient (Wildman–Crippen LogP) is 5.24. The maximum absolute atomic E-state index is 13.6. The maximum atomic E-state index is 13.6. The van der Waals surface area contributed by atoms with Crippen molar-refractivity contribution in [3.63, 3.8) is 0 Å². The second kappa shape index (κ2) is 10.1. The van der Waals surface area contributed by atoms with Gasteiger partial charge in [-0.15, -0.1) is 0 Å². The Morgan fingerprint density at radius 3 is 2.47 bits per heavy atom. The van der Waals surface area contributed by atoms with Gasteiger partial charge in [-0.1, -0.05) is 30.3 Å². The van der Waals surface area contributed by atoms with Gasteiger partial charge < -0.3 is 5.73 Å². The average Bonchev–Trinajstić information content (AvgIpc) is 3.33. The van der Waals surface area contributed by atoms with E-state index in [9.17, 15) is 9.18 Å². The molecule has 0 aliphatic carbocycles. The fourth-order valence-corrected chi connectivity index (χ4v) is 5.22. The zero-order valence-corrected chi connectivity index (χ0v) is 20.8. The number of likely N-dealkylation sites (tertiary alicyclic amines) is 1. The number of Topliss-reactive ketones (excluding diaryl/α,β-unsaturated/α-hetero) is 1. The molecule has 0 saturated carbocycles. The van der Waals surface area contributed by atoms with Crippen molar-refractivity contribution < 1.29 is 9.18 Å². The van der Waals surface area contributed by atoms with E-state index in [4.69, 9.17) is 10.7 Å². The van der Waals surface area contributed by atoms with E-state index in [1.807, 2.05) is 40.9 Å². The van der Waals surface area contributed by atoms with Gasteiger partial charge in [-0.25, -0.2) is 19.3 Å². The number of aromatic nitrogens is 4. The van der Waals surface area contributed by atoms with E-state index in [1.165, 1.54) is 17.7 Å². The molecule has 0 bridgehead atoms. The lowest BCUT2D eigenvalue weighted by Gasteiger charge is -2.31. The molecule has 7 nitrogen and oxygen atoms in total. The van der Waals surface area contributed by atoms with Crippen LogP contribution in [0.1, 0.15) is 34.7 Å². The molecule has 3 aromatic heterocycles. The van der Waals surface area contributed by atoms with Gasteiger partial charge in [-0.3, -0.25) is 14.1 Å². The summed E-state index contributed by atoms with van der Waals surface area (Å²) >= 11 is 0. The summed E-state index contributed by atoms with van der Waals surface area (Å²) in [5, 5.41) is 0. The Morgan fingerprint density at radius 2 is 1.74 bits per heavy atom. The summed E-state index contributed by atoms with van der Waals surface area (Å²) in [6.45, 7) is 2.19. The molecule has 0 atom stereocenters. The van der Waals surface area contributed by atoms with Crippen molar-refractivity contribution in [2.24, 2.45) is 0 Å². The van der Waals surface area contributed by atoms with Crippen LogP contribution >= 0.6 is 0 Å². The minimum Gasteiger partial charge on any atom is -0.368 e. The summed E-state index contributed by atoms with van der Waals surface area (Å²) in [6, 6.07) is 21.8. The van der Waals surface area contributed by atoms with Gasteiger partial charge in [0.15, 0.2) is 5.78 Å². The third-order valence-electron chi connectivity index (χ3n) is 7.21. The first-order valence-electron chi connectivity index (χ1n) is 12.7. The monoisotopic (exact) mass is 506 g/mol. The Labute approximate surface area is 219 Å². The van der Waals surface area contributed by atoms with Crippen molar-refractivity contribution in [3.8, 4) is 22.6 Å². The van der Waals surface area contributed by atoms with Gasteiger partial charge in [-0.2, -0.15) is 0 Å². The topological polar surface area (TPSA) is 89.4 Å². The molecule has 38 heavy (non-hydrogen) atoms. The lowest BCUT2D eigenvalue weighted by molar-refractivity contribution is 0.0909. The lowest BCUT2D eigenvalue weighted by Crippen LogP contribution is -2.36. The van der Waals surface area contributed by atoms with Crippen LogP contribution < -0.4 is 5.73 Å². The number of carbonyl (C=O) groups excluding carboxylic acids is 1. The van der Waals surface area contributed by atoms with E-state index in [0.717, 1.165) is 48.4 Å². The van der Waals surface area contributed by atoms with Gasteiger partial charge in [-0.05, 0) is 79.9 Å². The summed E-state index contributed by atoms with van der Waals surface area (Å²) in [5.74, 6) is 0.419. The summed E-state index contributed by atoms with van der Waals surface area (Å²) in [4.78, 5) is 28.3. The number of carbonyl (C=O) groups is 1. The maximum Gasteiger partial charge on any atom is 0.220 e. The SMILES string of the molecule is Nc1nccc(-c2c(-c3ccc(F)cc3)nc3cc(C4CCN(CC(=O)c5ccccc5)CC4)ccn23)n1. The molecule has 6 rings (SSSR count). The van der Waals surface area contributed by atoms with Gasteiger partial charge in [0.1, 0.15) is 11.5 Å². The summed E-state index contributed by atoms with van der Waals surface area (Å²) in [6.07, 6.45) is 5.58. The number of ketones is 1. The Kier molecular flexibility index (Phi) is 6.39. The Balaban J connectivity index is 1.27. The van der Waals surface area contributed by atoms with Crippen LogP contribution in [-0.2, 0) is 0 Å². The summed E-state index contributed by atoms with van der Waals surface area (Å²) < 4.78 is 15.6. The second-order valence-electron chi connectivity index (χ2n) is 9.64. The second-order valence-corrected chi connectivity index (χ2v) is 9.64. The molecule has 5 aromatic rings. The van der Waals surface area contributed by atoms with E-state index in [2.05, 4.69) is 27.0 Å². The molecule has 0 radical (unpaired) electrons. The normalized spacial score (nSPS) is 14.7.